The number of hydrogen-bond donors (Lipinski definition) is 0. The molecule has 0 N–H and O–H groups in total. The molecule has 0 fully saturated rings. The summed E-state index contributed by atoms with van der Waals surface area (Å²) in [5, 5.41) is 0. The number of aryl methyl sites for hydroxylation is 1. The first-order chi connectivity index (χ1) is 8.08. The predicted octanol–water partition coefficient (Wildman–Crippen LogP) is 2.99. The molecule has 0 atom stereocenters. The zero-order chi connectivity index (χ0) is 14.1. The van der Waals surface area contributed by atoms with Crippen molar-refractivity contribution in [1.29, 1.82) is 0 Å². The van der Waals surface area contributed by atoms with Crippen LogP contribution in [-0.4, -0.2) is 21.0 Å². The molecule has 1 aromatic carbocycles. The fourth-order valence-electron chi connectivity index (χ4n) is 1.09. The Morgan fingerprint density at radius 1 is 1.28 bits per heavy atom. The van der Waals surface area contributed by atoms with Crippen molar-refractivity contribution in [2.45, 2.75) is 12.4 Å². The van der Waals surface area contributed by atoms with Crippen molar-refractivity contribution < 1.29 is 30.5 Å². The minimum absolute atomic E-state index is 0.0483. The van der Waals surface area contributed by atoms with Crippen LogP contribution in [0.4, 0.5) is 13.2 Å². The van der Waals surface area contributed by atoms with Gasteiger partial charge in [0.1, 0.15) is 0 Å². The van der Waals surface area contributed by atoms with Gasteiger partial charge < -0.3 is 8.92 Å². The van der Waals surface area contributed by atoms with Crippen LogP contribution in [0.15, 0.2) is 16.6 Å². The number of hydrogen-bond acceptors (Lipinski definition) is 4. The third-order valence-electron chi connectivity index (χ3n) is 1.85. The highest BCUT2D eigenvalue weighted by atomic mass is 79.9. The highest BCUT2D eigenvalue weighted by Crippen LogP contribution is 2.39. The van der Waals surface area contributed by atoms with Crippen LogP contribution in [-0.2, 0) is 10.1 Å². The molecule has 0 bridgehead atoms. The molecule has 0 heterocycles. The number of rotatable bonds is 3. The SMILES string of the molecule is COc1cc(C)cc(Br)c1OS(=O)(=O)C(F)(F)F. The van der Waals surface area contributed by atoms with Crippen LogP contribution in [0.5, 0.6) is 11.5 Å². The Labute approximate surface area is 110 Å². The smallest absolute Gasteiger partial charge is 0.493 e. The summed E-state index contributed by atoms with van der Waals surface area (Å²) in [6.45, 7) is 1.66. The Morgan fingerprint density at radius 3 is 2.28 bits per heavy atom. The van der Waals surface area contributed by atoms with E-state index in [9.17, 15) is 21.6 Å². The summed E-state index contributed by atoms with van der Waals surface area (Å²) in [4.78, 5) is 0. The first kappa shape index (κ1) is 15.1. The number of halogens is 4. The second-order valence-electron chi connectivity index (χ2n) is 3.26. The maximum Gasteiger partial charge on any atom is 0.534 e. The molecular formula is C9H8BrF3O4S. The van der Waals surface area contributed by atoms with Crippen molar-refractivity contribution in [2.75, 3.05) is 7.11 Å². The van der Waals surface area contributed by atoms with Gasteiger partial charge in [-0.3, -0.25) is 0 Å². The van der Waals surface area contributed by atoms with E-state index in [2.05, 4.69) is 20.1 Å². The van der Waals surface area contributed by atoms with Gasteiger partial charge in [0.15, 0.2) is 11.5 Å². The number of alkyl halides is 3. The van der Waals surface area contributed by atoms with Crippen LogP contribution in [0, 0.1) is 6.92 Å². The van der Waals surface area contributed by atoms with Gasteiger partial charge in [0.05, 0.1) is 11.6 Å². The zero-order valence-electron chi connectivity index (χ0n) is 9.21. The number of benzene rings is 1. The van der Waals surface area contributed by atoms with Crippen molar-refractivity contribution in [3.8, 4) is 11.5 Å². The third kappa shape index (κ3) is 3.08. The Hall–Kier alpha value is -0.960. The van der Waals surface area contributed by atoms with Crippen molar-refractivity contribution in [1.82, 2.24) is 0 Å². The summed E-state index contributed by atoms with van der Waals surface area (Å²) < 4.78 is 67.3. The molecule has 0 saturated heterocycles. The van der Waals surface area contributed by atoms with Gasteiger partial charge in [0, 0.05) is 0 Å². The fraction of sp³-hybridized carbons (Fsp3) is 0.333. The lowest BCUT2D eigenvalue weighted by Gasteiger charge is -2.14. The fourth-order valence-corrected chi connectivity index (χ4v) is 2.32. The van der Waals surface area contributed by atoms with Crippen LogP contribution in [0.1, 0.15) is 5.56 Å². The van der Waals surface area contributed by atoms with E-state index in [4.69, 9.17) is 4.74 Å². The molecule has 1 aromatic rings. The zero-order valence-corrected chi connectivity index (χ0v) is 11.6. The van der Waals surface area contributed by atoms with Crippen LogP contribution >= 0.6 is 15.9 Å². The standard InChI is InChI=1S/C9H8BrF3O4S/c1-5-3-6(10)8(7(4-5)16-2)17-18(14,15)9(11,12)13/h3-4H,1-2H3. The summed E-state index contributed by atoms with van der Waals surface area (Å²) in [6, 6.07) is 2.76. The minimum atomic E-state index is -5.73. The summed E-state index contributed by atoms with van der Waals surface area (Å²) in [6.07, 6.45) is 0. The highest BCUT2D eigenvalue weighted by molar-refractivity contribution is 9.10. The van der Waals surface area contributed by atoms with E-state index in [1.54, 1.807) is 6.92 Å². The van der Waals surface area contributed by atoms with Gasteiger partial charge in [-0.1, -0.05) is 0 Å². The molecule has 0 aromatic heterocycles. The number of ether oxygens (including phenoxy) is 1. The maximum absolute atomic E-state index is 12.2. The second-order valence-corrected chi connectivity index (χ2v) is 5.65. The topological polar surface area (TPSA) is 52.6 Å². The highest BCUT2D eigenvalue weighted by Gasteiger charge is 2.49. The molecule has 0 saturated carbocycles. The van der Waals surface area contributed by atoms with Crippen LogP contribution in [0.25, 0.3) is 0 Å². The van der Waals surface area contributed by atoms with Crippen molar-refractivity contribution >= 4 is 26.0 Å². The molecule has 1 rings (SSSR count). The van der Waals surface area contributed by atoms with E-state index in [0.717, 1.165) is 0 Å². The minimum Gasteiger partial charge on any atom is -0.493 e. The maximum atomic E-state index is 12.2. The summed E-state index contributed by atoms with van der Waals surface area (Å²) in [5.41, 5.74) is -4.84. The molecule has 0 aliphatic carbocycles. The van der Waals surface area contributed by atoms with Crippen molar-refractivity contribution in [3.63, 3.8) is 0 Å². The molecule has 9 heteroatoms. The summed E-state index contributed by atoms with van der Waals surface area (Å²) >= 11 is 2.92. The predicted molar refractivity (Wildman–Crippen MR) is 61.0 cm³/mol. The van der Waals surface area contributed by atoms with Gasteiger partial charge in [0.2, 0.25) is 0 Å². The van der Waals surface area contributed by atoms with Crippen LogP contribution < -0.4 is 8.92 Å². The van der Waals surface area contributed by atoms with Gasteiger partial charge in [-0.15, -0.1) is 0 Å². The monoisotopic (exact) mass is 348 g/mol. The third-order valence-corrected chi connectivity index (χ3v) is 3.39. The van der Waals surface area contributed by atoms with Crippen LogP contribution in [0.3, 0.4) is 0 Å². The normalized spacial score (nSPS) is 12.3. The second kappa shape index (κ2) is 4.96. The number of methoxy groups -OCH3 is 1. The summed E-state index contributed by atoms with van der Waals surface area (Å²) in [5.74, 6) is -0.657. The first-order valence-electron chi connectivity index (χ1n) is 4.43. The van der Waals surface area contributed by atoms with E-state index < -0.39 is 21.4 Å². The summed E-state index contributed by atoms with van der Waals surface area (Å²) in [7, 11) is -4.54. The molecule has 0 aliphatic heterocycles. The first-order valence-corrected chi connectivity index (χ1v) is 6.63. The molecule has 18 heavy (non-hydrogen) atoms. The van der Waals surface area contributed by atoms with E-state index in [0.29, 0.717) is 5.56 Å². The van der Waals surface area contributed by atoms with Gasteiger partial charge in [0.25, 0.3) is 0 Å². The Bertz CT molecular complexity index is 554. The van der Waals surface area contributed by atoms with E-state index in [-0.39, 0.29) is 10.2 Å². The van der Waals surface area contributed by atoms with Gasteiger partial charge in [-0.05, 0) is 40.5 Å². The van der Waals surface area contributed by atoms with Crippen LogP contribution in [0.2, 0.25) is 0 Å². The lowest BCUT2D eigenvalue weighted by Crippen LogP contribution is -2.28. The van der Waals surface area contributed by atoms with Gasteiger partial charge in [-0.2, -0.15) is 21.6 Å². The van der Waals surface area contributed by atoms with Gasteiger partial charge >= 0.3 is 15.6 Å². The molecule has 0 aliphatic rings. The molecule has 0 unspecified atom stereocenters. The lowest BCUT2D eigenvalue weighted by molar-refractivity contribution is -0.0500. The molecule has 0 amide bonds. The Kier molecular flexibility index (Phi) is 4.16. The quantitative estimate of drug-likeness (QED) is 0.622. The van der Waals surface area contributed by atoms with E-state index in [1.165, 1.54) is 19.2 Å². The van der Waals surface area contributed by atoms with Crippen molar-refractivity contribution in [2.24, 2.45) is 0 Å². The lowest BCUT2D eigenvalue weighted by atomic mass is 10.2. The largest absolute Gasteiger partial charge is 0.534 e. The molecule has 102 valence electrons. The average Bonchev–Trinajstić information content (AvgIpc) is 2.19. The molecule has 0 radical (unpaired) electrons. The molecule has 4 nitrogen and oxygen atoms in total. The molecule has 0 spiro atoms. The van der Waals surface area contributed by atoms with Crippen molar-refractivity contribution in [3.05, 3.63) is 22.2 Å². The van der Waals surface area contributed by atoms with Gasteiger partial charge in [-0.25, -0.2) is 0 Å². The Morgan fingerprint density at radius 2 is 1.83 bits per heavy atom. The van der Waals surface area contributed by atoms with E-state index >= 15 is 0 Å². The van der Waals surface area contributed by atoms with E-state index in [1.807, 2.05) is 0 Å². The molecular weight excluding hydrogens is 341 g/mol. The Balaban J connectivity index is 3.28. The average molecular weight is 349 g/mol.